The van der Waals surface area contributed by atoms with E-state index in [0.717, 1.165) is 5.02 Å². The molecule has 6 aromatic rings. The van der Waals surface area contributed by atoms with E-state index in [0.29, 0.717) is 0 Å². The summed E-state index contributed by atoms with van der Waals surface area (Å²) in [5, 5.41) is 3.26. The van der Waals surface area contributed by atoms with Gasteiger partial charge in [0.2, 0.25) is 0 Å². The van der Waals surface area contributed by atoms with Crippen molar-refractivity contribution in [1.82, 2.24) is 0 Å². The maximum Gasteiger partial charge on any atom is 0.0434 e. The van der Waals surface area contributed by atoms with Crippen LogP contribution in [0.15, 0.2) is 115 Å². The molecule has 0 nitrogen and oxygen atoms in total. The van der Waals surface area contributed by atoms with E-state index in [9.17, 15) is 0 Å². The van der Waals surface area contributed by atoms with Crippen molar-refractivity contribution in [3.63, 3.8) is 0 Å². The minimum atomic E-state index is 0.777. The molecule has 152 valence electrons. The van der Waals surface area contributed by atoms with E-state index in [4.69, 9.17) is 11.6 Å². The first-order valence-electron chi connectivity index (χ1n) is 10.6. The van der Waals surface area contributed by atoms with E-state index < -0.39 is 0 Å². The SMILES string of the molecule is Clc1ccc2sc3c(-c4cc(-c5ccccc5)ccc4-c4ccccc4)cccc3c2c1. The van der Waals surface area contributed by atoms with Gasteiger partial charge in [-0.05, 0) is 52.1 Å². The fourth-order valence-corrected chi connectivity index (χ4v) is 5.81. The zero-order valence-electron chi connectivity index (χ0n) is 17.3. The summed E-state index contributed by atoms with van der Waals surface area (Å²) in [5.41, 5.74) is 7.43. The van der Waals surface area contributed by atoms with E-state index in [-0.39, 0.29) is 0 Å². The summed E-state index contributed by atoms with van der Waals surface area (Å²) in [7, 11) is 0. The second-order valence-electron chi connectivity index (χ2n) is 7.92. The number of hydrogen-bond acceptors (Lipinski definition) is 1. The topological polar surface area (TPSA) is 0 Å². The molecule has 0 bridgehead atoms. The Balaban J connectivity index is 1.66. The predicted octanol–water partition coefficient (Wildman–Crippen LogP) is 9.71. The first kappa shape index (κ1) is 19.3. The molecule has 32 heavy (non-hydrogen) atoms. The molecular formula is C30H19ClS. The monoisotopic (exact) mass is 446 g/mol. The van der Waals surface area contributed by atoms with Crippen molar-refractivity contribution >= 4 is 43.1 Å². The smallest absolute Gasteiger partial charge is 0.0434 e. The number of fused-ring (bicyclic) bond motifs is 3. The molecule has 0 N–H and O–H groups in total. The molecule has 0 atom stereocenters. The van der Waals surface area contributed by atoms with Crippen LogP contribution in [-0.2, 0) is 0 Å². The van der Waals surface area contributed by atoms with Gasteiger partial charge in [0.25, 0.3) is 0 Å². The van der Waals surface area contributed by atoms with Crippen LogP contribution in [-0.4, -0.2) is 0 Å². The van der Waals surface area contributed by atoms with E-state index in [1.54, 1.807) is 0 Å². The van der Waals surface area contributed by atoms with Crippen LogP contribution in [0.25, 0.3) is 53.6 Å². The lowest BCUT2D eigenvalue weighted by molar-refractivity contribution is 1.58. The molecule has 0 saturated carbocycles. The average molecular weight is 447 g/mol. The van der Waals surface area contributed by atoms with Crippen molar-refractivity contribution in [2.75, 3.05) is 0 Å². The van der Waals surface area contributed by atoms with Gasteiger partial charge in [0.1, 0.15) is 0 Å². The molecule has 0 aliphatic heterocycles. The fraction of sp³-hybridized carbons (Fsp3) is 0. The normalized spacial score (nSPS) is 11.3. The highest BCUT2D eigenvalue weighted by Gasteiger charge is 2.15. The maximum absolute atomic E-state index is 6.33. The van der Waals surface area contributed by atoms with Gasteiger partial charge in [-0.15, -0.1) is 11.3 Å². The highest BCUT2D eigenvalue weighted by molar-refractivity contribution is 7.26. The van der Waals surface area contributed by atoms with Gasteiger partial charge in [0.15, 0.2) is 0 Å². The molecule has 1 aromatic heterocycles. The Bertz CT molecular complexity index is 1560. The number of rotatable bonds is 3. The summed E-state index contributed by atoms with van der Waals surface area (Å²) in [4.78, 5) is 0. The third-order valence-electron chi connectivity index (χ3n) is 5.96. The van der Waals surface area contributed by atoms with E-state index >= 15 is 0 Å². The molecule has 1 heterocycles. The summed E-state index contributed by atoms with van der Waals surface area (Å²) >= 11 is 8.17. The van der Waals surface area contributed by atoms with Crippen molar-refractivity contribution in [2.45, 2.75) is 0 Å². The third-order valence-corrected chi connectivity index (χ3v) is 7.42. The van der Waals surface area contributed by atoms with Crippen molar-refractivity contribution in [1.29, 1.82) is 0 Å². The average Bonchev–Trinajstić information content (AvgIpc) is 3.23. The van der Waals surface area contributed by atoms with Crippen molar-refractivity contribution in [2.24, 2.45) is 0 Å². The third kappa shape index (κ3) is 3.31. The Hall–Kier alpha value is -3.39. The van der Waals surface area contributed by atoms with Crippen LogP contribution in [0, 0.1) is 0 Å². The zero-order valence-corrected chi connectivity index (χ0v) is 18.8. The molecule has 0 fully saturated rings. The van der Waals surface area contributed by atoms with Crippen LogP contribution >= 0.6 is 22.9 Å². The summed E-state index contributed by atoms with van der Waals surface area (Å²) in [6, 6.07) is 40.9. The molecule has 0 saturated heterocycles. The Morgan fingerprint density at radius 2 is 1.22 bits per heavy atom. The van der Waals surface area contributed by atoms with Gasteiger partial charge in [-0.3, -0.25) is 0 Å². The minimum Gasteiger partial charge on any atom is -0.135 e. The van der Waals surface area contributed by atoms with Gasteiger partial charge in [-0.1, -0.05) is 103 Å². The molecule has 2 heteroatoms. The largest absolute Gasteiger partial charge is 0.135 e. The van der Waals surface area contributed by atoms with Gasteiger partial charge in [0, 0.05) is 30.8 Å². The van der Waals surface area contributed by atoms with Gasteiger partial charge >= 0.3 is 0 Å². The first-order valence-corrected chi connectivity index (χ1v) is 11.8. The van der Waals surface area contributed by atoms with Crippen molar-refractivity contribution in [3.8, 4) is 33.4 Å². The molecule has 0 radical (unpaired) electrons. The van der Waals surface area contributed by atoms with Crippen LogP contribution in [0.1, 0.15) is 0 Å². The Labute approximate surface area is 196 Å². The second-order valence-corrected chi connectivity index (χ2v) is 9.41. The van der Waals surface area contributed by atoms with Crippen LogP contribution < -0.4 is 0 Å². The highest BCUT2D eigenvalue weighted by Crippen LogP contribution is 2.44. The molecular weight excluding hydrogens is 428 g/mol. The standard InChI is InChI=1S/C30H19ClS/c31-23-15-17-29-28(19-23)26-13-7-12-25(30(26)32-29)27-18-22(20-8-3-1-4-9-20)14-16-24(27)21-10-5-2-6-11-21/h1-19H. The van der Waals surface area contributed by atoms with Crippen LogP contribution in [0.5, 0.6) is 0 Å². The predicted molar refractivity (Wildman–Crippen MR) is 141 cm³/mol. The Morgan fingerprint density at radius 3 is 2.00 bits per heavy atom. The lowest BCUT2D eigenvalue weighted by Crippen LogP contribution is -1.88. The number of halogens is 1. The number of thiophene rings is 1. The minimum absolute atomic E-state index is 0.777. The van der Waals surface area contributed by atoms with Crippen LogP contribution in [0.2, 0.25) is 5.02 Å². The van der Waals surface area contributed by atoms with Crippen molar-refractivity contribution < 1.29 is 0 Å². The molecule has 5 aromatic carbocycles. The van der Waals surface area contributed by atoms with E-state index in [1.165, 1.54) is 53.6 Å². The lowest BCUT2D eigenvalue weighted by Gasteiger charge is -2.14. The van der Waals surface area contributed by atoms with Gasteiger partial charge in [0.05, 0.1) is 0 Å². The molecule has 0 unspecified atom stereocenters. The van der Waals surface area contributed by atoms with Gasteiger partial charge < -0.3 is 0 Å². The van der Waals surface area contributed by atoms with Crippen LogP contribution in [0.3, 0.4) is 0 Å². The zero-order chi connectivity index (χ0) is 21.5. The van der Waals surface area contributed by atoms with E-state index in [2.05, 4.69) is 109 Å². The summed E-state index contributed by atoms with van der Waals surface area (Å²) in [6.07, 6.45) is 0. The quantitative estimate of drug-likeness (QED) is 0.253. The first-order chi connectivity index (χ1) is 15.8. The maximum atomic E-state index is 6.33. The molecule has 0 aliphatic carbocycles. The number of benzene rings is 5. The molecule has 0 aliphatic rings. The lowest BCUT2D eigenvalue weighted by atomic mass is 9.90. The van der Waals surface area contributed by atoms with Gasteiger partial charge in [-0.2, -0.15) is 0 Å². The summed E-state index contributed by atoms with van der Waals surface area (Å²) in [6.45, 7) is 0. The van der Waals surface area contributed by atoms with Crippen molar-refractivity contribution in [3.05, 3.63) is 120 Å². The Kier molecular flexibility index (Phi) is 4.79. The number of hydrogen-bond donors (Lipinski definition) is 0. The molecule has 0 spiro atoms. The fourth-order valence-electron chi connectivity index (χ4n) is 4.43. The highest BCUT2D eigenvalue weighted by atomic mass is 35.5. The van der Waals surface area contributed by atoms with Gasteiger partial charge in [-0.25, -0.2) is 0 Å². The Morgan fingerprint density at radius 1 is 0.469 bits per heavy atom. The van der Waals surface area contributed by atoms with Crippen LogP contribution in [0.4, 0.5) is 0 Å². The van der Waals surface area contributed by atoms with E-state index in [1.807, 2.05) is 17.4 Å². The molecule has 6 rings (SSSR count). The second kappa shape index (κ2) is 7.94. The summed E-state index contributed by atoms with van der Waals surface area (Å²) < 4.78 is 2.56. The summed E-state index contributed by atoms with van der Waals surface area (Å²) in [5.74, 6) is 0. The molecule has 0 amide bonds.